The number of fused-ring (bicyclic) bond motifs is 1. The molecule has 162 valence electrons. The van der Waals surface area contributed by atoms with Crippen LogP contribution in [0.25, 0.3) is 0 Å². The molecule has 0 fully saturated rings. The molecule has 0 unspecified atom stereocenters. The van der Waals surface area contributed by atoms with E-state index in [0.29, 0.717) is 12.1 Å². The number of aryl methyl sites for hydroxylation is 1. The van der Waals surface area contributed by atoms with E-state index in [0.717, 1.165) is 29.5 Å². The van der Waals surface area contributed by atoms with Gasteiger partial charge in [-0.15, -0.1) is 0 Å². The Balaban J connectivity index is 1.40. The minimum atomic E-state index is -0.394. The van der Waals surface area contributed by atoms with Gasteiger partial charge >= 0.3 is 0 Å². The van der Waals surface area contributed by atoms with Crippen molar-refractivity contribution >= 4 is 11.8 Å². The van der Waals surface area contributed by atoms with E-state index in [1.54, 1.807) is 12.3 Å². The average Bonchev–Trinajstić information content (AvgIpc) is 3.44. The van der Waals surface area contributed by atoms with Crippen molar-refractivity contribution in [2.24, 2.45) is 0 Å². The van der Waals surface area contributed by atoms with Gasteiger partial charge in [-0.05, 0) is 49.9 Å². The average molecular weight is 429 g/mol. The van der Waals surface area contributed by atoms with Crippen LogP contribution in [0.2, 0.25) is 0 Å². The van der Waals surface area contributed by atoms with Gasteiger partial charge in [0.1, 0.15) is 17.7 Å². The largest absolute Gasteiger partial charge is 0.347 e. The smallest absolute Gasteiger partial charge is 0.270 e. The van der Waals surface area contributed by atoms with Crippen molar-refractivity contribution in [1.29, 1.82) is 5.26 Å². The number of hydrogen-bond acceptors (Lipinski definition) is 6. The fourth-order valence-electron chi connectivity index (χ4n) is 3.70. The lowest BCUT2D eigenvalue weighted by Gasteiger charge is -2.14. The van der Waals surface area contributed by atoms with Crippen molar-refractivity contribution in [2.45, 2.75) is 45.3 Å². The molecule has 2 amide bonds. The van der Waals surface area contributed by atoms with E-state index in [1.165, 1.54) is 12.4 Å². The highest BCUT2D eigenvalue weighted by atomic mass is 16.2. The first-order valence-electron chi connectivity index (χ1n) is 10.4. The maximum atomic E-state index is 12.8. The maximum Gasteiger partial charge on any atom is 0.270 e. The normalized spacial score (nSPS) is 14.6. The molecule has 0 radical (unpaired) electrons. The molecule has 1 aliphatic carbocycles. The molecular weight excluding hydrogens is 406 g/mol. The number of nitrogens with zero attached hydrogens (tertiary/aromatic N) is 5. The molecule has 0 aliphatic heterocycles. The highest BCUT2D eigenvalue weighted by molar-refractivity contribution is 5.97. The summed E-state index contributed by atoms with van der Waals surface area (Å²) in [5.41, 5.74) is 3.80. The summed E-state index contributed by atoms with van der Waals surface area (Å²) in [7, 11) is 0. The summed E-state index contributed by atoms with van der Waals surface area (Å²) in [6.07, 6.45) is 6.34. The third-order valence-electron chi connectivity index (χ3n) is 5.42. The first kappa shape index (κ1) is 21.2. The van der Waals surface area contributed by atoms with Gasteiger partial charge in [-0.3, -0.25) is 14.3 Å². The Morgan fingerprint density at radius 3 is 2.72 bits per heavy atom. The van der Waals surface area contributed by atoms with Crippen LogP contribution in [0.15, 0.2) is 43.0 Å². The first-order valence-corrected chi connectivity index (χ1v) is 10.4. The molecule has 1 atom stereocenters. The van der Waals surface area contributed by atoms with E-state index in [-0.39, 0.29) is 29.4 Å². The van der Waals surface area contributed by atoms with Crippen molar-refractivity contribution in [2.75, 3.05) is 0 Å². The number of rotatable bonds is 6. The van der Waals surface area contributed by atoms with Gasteiger partial charge in [0.25, 0.3) is 11.8 Å². The SMILES string of the molecule is CC(C)n1cc(CNC(=O)c2cc(C(=O)N[C@@H]3CCc4cc(C#N)ccc43)ncn2)cn1. The Morgan fingerprint density at radius 1 is 1.22 bits per heavy atom. The number of carbonyl (C=O) groups is 2. The van der Waals surface area contributed by atoms with Crippen LogP contribution in [0, 0.1) is 11.3 Å². The van der Waals surface area contributed by atoms with Crippen LogP contribution < -0.4 is 10.6 Å². The quantitative estimate of drug-likeness (QED) is 0.620. The van der Waals surface area contributed by atoms with E-state index in [1.807, 2.05) is 36.9 Å². The third kappa shape index (κ3) is 4.49. The Labute approximate surface area is 185 Å². The summed E-state index contributed by atoms with van der Waals surface area (Å²) in [5, 5.41) is 19.1. The zero-order valence-corrected chi connectivity index (χ0v) is 17.9. The molecule has 1 aliphatic rings. The number of benzene rings is 1. The van der Waals surface area contributed by atoms with Gasteiger partial charge in [0, 0.05) is 30.4 Å². The molecule has 1 aromatic carbocycles. The van der Waals surface area contributed by atoms with Crippen LogP contribution in [-0.4, -0.2) is 31.6 Å². The zero-order valence-electron chi connectivity index (χ0n) is 17.9. The topological polar surface area (TPSA) is 126 Å². The van der Waals surface area contributed by atoms with E-state index >= 15 is 0 Å². The van der Waals surface area contributed by atoms with Gasteiger partial charge in [0.2, 0.25) is 0 Å². The number of carbonyl (C=O) groups excluding carboxylic acids is 2. The van der Waals surface area contributed by atoms with Gasteiger partial charge in [-0.2, -0.15) is 10.4 Å². The monoisotopic (exact) mass is 429 g/mol. The minimum Gasteiger partial charge on any atom is -0.347 e. The Kier molecular flexibility index (Phi) is 5.94. The Morgan fingerprint density at radius 2 is 2.00 bits per heavy atom. The minimum absolute atomic E-state index is 0.117. The van der Waals surface area contributed by atoms with Crippen molar-refractivity contribution in [1.82, 2.24) is 30.4 Å². The number of nitriles is 1. The summed E-state index contributed by atoms with van der Waals surface area (Å²) in [6.45, 7) is 4.35. The summed E-state index contributed by atoms with van der Waals surface area (Å²) < 4.78 is 1.82. The number of amides is 2. The second-order valence-corrected chi connectivity index (χ2v) is 7.98. The molecule has 2 aromatic heterocycles. The molecule has 9 heteroatoms. The lowest BCUT2D eigenvalue weighted by molar-refractivity contribution is 0.0931. The van der Waals surface area contributed by atoms with Gasteiger partial charge in [-0.25, -0.2) is 9.97 Å². The Bertz CT molecular complexity index is 1210. The molecule has 9 nitrogen and oxygen atoms in total. The number of aromatic nitrogens is 4. The molecule has 2 N–H and O–H groups in total. The molecule has 0 saturated heterocycles. The summed E-state index contributed by atoms with van der Waals surface area (Å²) in [5.74, 6) is -0.768. The van der Waals surface area contributed by atoms with Crippen molar-refractivity contribution in [3.05, 3.63) is 76.6 Å². The molecule has 2 heterocycles. The van der Waals surface area contributed by atoms with E-state index < -0.39 is 5.91 Å². The lowest BCUT2D eigenvalue weighted by atomic mass is 10.1. The fourth-order valence-corrected chi connectivity index (χ4v) is 3.70. The molecule has 32 heavy (non-hydrogen) atoms. The second-order valence-electron chi connectivity index (χ2n) is 7.98. The molecule has 3 aromatic rings. The highest BCUT2D eigenvalue weighted by Crippen LogP contribution is 2.31. The summed E-state index contributed by atoms with van der Waals surface area (Å²) >= 11 is 0. The van der Waals surface area contributed by atoms with Crippen LogP contribution >= 0.6 is 0 Å². The second kappa shape index (κ2) is 8.98. The van der Waals surface area contributed by atoms with Crippen LogP contribution in [0.4, 0.5) is 0 Å². The van der Waals surface area contributed by atoms with Gasteiger partial charge < -0.3 is 10.6 Å². The maximum absolute atomic E-state index is 12.8. The summed E-state index contributed by atoms with van der Waals surface area (Å²) in [6, 6.07) is 9.09. The van der Waals surface area contributed by atoms with Crippen LogP contribution in [0.5, 0.6) is 0 Å². The van der Waals surface area contributed by atoms with Crippen molar-refractivity contribution < 1.29 is 9.59 Å². The third-order valence-corrected chi connectivity index (χ3v) is 5.42. The number of nitrogens with one attached hydrogen (secondary N) is 2. The standard InChI is InChI=1S/C23H23N7O2/c1-14(2)30-12-16(11-28-30)10-25-22(31)20-8-21(27-13-26-20)23(32)29-19-6-4-17-7-15(9-24)3-5-18(17)19/h3,5,7-8,11-14,19H,4,6,10H2,1-2H3,(H,25,31)(H,29,32)/t19-/m1/s1. The van der Waals surface area contributed by atoms with Gasteiger partial charge in [0.15, 0.2) is 0 Å². The van der Waals surface area contributed by atoms with Crippen LogP contribution in [0.3, 0.4) is 0 Å². The Hall–Kier alpha value is -4.06. The van der Waals surface area contributed by atoms with Crippen LogP contribution in [0.1, 0.15) is 75.6 Å². The van der Waals surface area contributed by atoms with Crippen molar-refractivity contribution in [3.8, 4) is 6.07 Å². The fraction of sp³-hybridized carbons (Fsp3) is 0.304. The highest BCUT2D eigenvalue weighted by Gasteiger charge is 2.25. The van der Waals surface area contributed by atoms with E-state index in [2.05, 4.69) is 31.8 Å². The van der Waals surface area contributed by atoms with E-state index in [9.17, 15) is 9.59 Å². The van der Waals surface area contributed by atoms with Crippen molar-refractivity contribution in [3.63, 3.8) is 0 Å². The molecule has 4 rings (SSSR count). The molecule has 0 spiro atoms. The van der Waals surface area contributed by atoms with E-state index in [4.69, 9.17) is 5.26 Å². The van der Waals surface area contributed by atoms with Gasteiger partial charge in [-0.1, -0.05) is 6.07 Å². The molecule has 0 bridgehead atoms. The van der Waals surface area contributed by atoms with Gasteiger partial charge in [0.05, 0.1) is 23.9 Å². The first-order chi connectivity index (χ1) is 15.4. The predicted molar refractivity (Wildman–Crippen MR) is 115 cm³/mol. The number of hydrogen-bond donors (Lipinski definition) is 2. The summed E-state index contributed by atoms with van der Waals surface area (Å²) in [4.78, 5) is 33.3. The van der Waals surface area contributed by atoms with Crippen LogP contribution in [-0.2, 0) is 13.0 Å². The lowest BCUT2D eigenvalue weighted by Crippen LogP contribution is -2.29. The predicted octanol–water partition coefficient (Wildman–Crippen LogP) is 2.47. The molecule has 0 saturated carbocycles. The zero-order chi connectivity index (χ0) is 22.7. The molecular formula is C23H23N7O2.